The van der Waals surface area contributed by atoms with Gasteiger partial charge in [-0.25, -0.2) is 0 Å². The van der Waals surface area contributed by atoms with Crippen molar-refractivity contribution in [2.75, 3.05) is 19.6 Å². The Balaban J connectivity index is 2.31. The predicted octanol–water partition coefficient (Wildman–Crippen LogP) is 0.921. The number of rotatable bonds is 2. The van der Waals surface area contributed by atoms with Crippen LogP contribution in [0.5, 0.6) is 0 Å². The summed E-state index contributed by atoms with van der Waals surface area (Å²) in [5.41, 5.74) is 0. The van der Waals surface area contributed by atoms with E-state index >= 15 is 0 Å². The van der Waals surface area contributed by atoms with Crippen LogP contribution in [0.25, 0.3) is 0 Å². The minimum absolute atomic E-state index is 0.205. The predicted molar refractivity (Wildman–Crippen MR) is 48.7 cm³/mol. The Morgan fingerprint density at radius 3 is 3.08 bits per heavy atom. The van der Waals surface area contributed by atoms with Crippen LogP contribution in [-0.2, 0) is 4.79 Å². The molecule has 0 aromatic rings. The number of carbonyl (C=O) groups is 1. The molecule has 1 atom stereocenters. The molecule has 0 bridgehead atoms. The van der Waals surface area contributed by atoms with Crippen LogP contribution in [0.3, 0.4) is 0 Å². The number of Topliss-reactive ketones (excluding diaryl/α,β-unsaturated/α-hetero) is 1. The van der Waals surface area contributed by atoms with E-state index in [-0.39, 0.29) is 5.92 Å². The highest BCUT2D eigenvalue weighted by Gasteiger charge is 2.22. The molecule has 0 radical (unpaired) electrons. The standard InChI is InChI=1S/C10H15NO/c1-3-4-6-11-7-5-10(12)9(2)8-11/h1,9H,4-8H2,2H3. The highest BCUT2D eigenvalue weighted by Crippen LogP contribution is 2.11. The normalized spacial score (nSPS) is 25.3. The quantitative estimate of drug-likeness (QED) is 0.567. The van der Waals surface area contributed by atoms with Crippen molar-refractivity contribution < 1.29 is 4.79 Å². The third-order valence-corrected chi connectivity index (χ3v) is 2.33. The van der Waals surface area contributed by atoms with Gasteiger partial charge in [0.2, 0.25) is 0 Å². The maximum atomic E-state index is 11.1. The molecular formula is C10H15NO. The van der Waals surface area contributed by atoms with E-state index in [2.05, 4.69) is 10.8 Å². The number of hydrogen-bond donors (Lipinski definition) is 0. The molecule has 0 spiro atoms. The van der Waals surface area contributed by atoms with Gasteiger partial charge in [0, 0.05) is 38.4 Å². The lowest BCUT2D eigenvalue weighted by Crippen LogP contribution is -2.39. The molecule has 1 heterocycles. The van der Waals surface area contributed by atoms with Gasteiger partial charge in [-0.1, -0.05) is 6.92 Å². The van der Waals surface area contributed by atoms with Gasteiger partial charge in [0.05, 0.1) is 0 Å². The molecule has 0 saturated carbocycles. The molecule has 0 aromatic carbocycles. The molecule has 1 fully saturated rings. The molecule has 12 heavy (non-hydrogen) atoms. The molecular weight excluding hydrogens is 150 g/mol. The maximum absolute atomic E-state index is 11.1. The third-order valence-electron chi connectivity index (χ3n) is 2.33. The van der Waals surface area contributed by atoms with E-state index in [1.54, 1.807) is 0 Å². The molecule has 0 amide bonds. The van der Waals surface area contributed by atoms with Gasteiger partial charge in [-0.15, -0.1) is 12.3 Å². The lowest BCUT2D eigenvalue weighted by Gasteiger charge is -2.29. The monoisotopic (exact) mass is 165 g/mol. The van der Waals surface area contributed by atoms with Crippen LogP contribution in [0, 0.1) is 18.3 Å². The third kappa shape index (κ3) is 2.35. The average molecular weight is 165 g/mol. The Kier molecular flexibility index (Phi) is 3.31. The summed E-state index contributed by atoms with van der Waals surface area (Å²) in [7, 11) is 0. The zero-order valence-corrected chi connectivity index (χ0v) is 7.55. The number of likely N-dealkylation sites (tertiary alicyclic amines) is 1. The first-order chi connectivity index (χ1) is 5.74. The minimum Gasteiger partial charge on any atom is -0.301 e. The first-order valence-corrected chi connectivity index (χ1v) is 4.42. The SMILES string of the molecule is C#CCCN1CCC(=O)C(C)C1. The number of nitrogens with zero attached hydrogens (tertiary/aromatic N) is 1. The van der Waals surface area contributed by atoms with Crippen LogP contribution in [0.2, 0.25) is 0 Å². The first-order valence-electron chi connectivity index (χ1n) is 4.42. The molecule has 2 nitrogen and oxygen atoms in total. The van der Waals surface area contributed by atoms with E-state index in [1.165, 1.54) is 0 Å². The molecule has 0 N–H and O–H groups in total. The fourth-order valence-corrected chi connectivity index (χ4v) is 1.52. The Hall–Kier alpha value is -0.810. The Morgan fingerprint density at radius 2 is 2.50 bits per heavy atom. The summed E-state index contributed by atoms with van der Waals surface area (Å²) in [5, 5.41) is 0. The minimum atomic E-state index is 0.205. The molecule has 1 aliphatic rings. The number of ketones is 1. The summed E-state index contributed by atoms with van der Waals surface area (Å²) in [4.78, 5) is 13.4. The summed E-state index contributed by atoms with van der Waals surface area (Å²) >= 11 is 0. The maximum Gasteiger partial charge on any atom is 0.138 e. The highest BCUT2D eigenvalue weighted by atomic mass is 16.1. The zero-order valence-electron chi connectivity index (χ0n) is 7.55. The van der Waals surface area contributed by atoms with Crippen molar-refractivity contribution in [3.63, 3.8) is 0 Å². The van der Waals surface area contributed by atoms with Crippen molar-refractivity contribution in [3.05, 3.63) is 0 Å². The van der Waals surface area contributed by atoms with E-state index in [0.29, 0.717) is 12.2 Å². The second-order valence-corrected chi connectivity index (χ2v) is 3.37. The molecule has 0 aromatic heterocycles. The van der Waals surface area contributed by atoms with Crippen molar-refractivity contribution in [1.82, 2.24) is 4.90 Å². The van der Waals surface area contributed by atoms with Crippen LogP contribution in [0.15, 0.2) is 0 Å². The van der Waals surface area contributed by atoms with E-state index < -0.39 is 0 Å². The topological polar surface area (TPSA) is 20.3 Å². The van der Waals surface area contributed by atoms with Gasteiger partial charge in [0.15, 0.2) is 0 Å². The summed E-state index contributed by atoms with van der Waals surface area (Å²) < 4.78 is 0. The Morgan fingerprint density at radius 1 is 1.75 bits per heavy atom. The lowest BCUT2D eigenvalue weighted by molar-refractivity contribution is -0.125. The van der Waals surface area contributed by atoms with Gasteiger partial charge < -0.3 is 4.90 Å². The molecule has 0 aliphatic carbocycles. The molecule has 66 valence electrons. The van der Waals surface area contributed by atoms with Crippen LogP contribution in [0.1, 0.15) is 19.8 Å². The molecule has 2 heteroatoms. The summed E-state index contributed by atoms with van der Waals surface area (Å²) in [6, 6.07) is 0. The van der Waals surface area contributed by atoms with Crippen LogP contribution >= 0.6 is 0 Å². The molecule has 1 saturated heterocycles. The van der Waals surface area contributed by atoms with Crippen LogP contribution in [-0.4, -0.2) is 30.3 Å². The molecule has 1 unspecified atom stereocenters. The van der Waals surface area contributed by atoms with Crippen molar-refractivity contribution in [2.45, 2.75) is 19.8 Å². The summed E-state index contributed by atoms with van der Waals surface area (Å²) in [5.74, 6) is 3.21. The Labute approximate surface area is 73.9 Å². The summed E-state index contributed by atoms with van der Waals surface area (Å²) in [6.45, 7) is 4.71. The van der Waals surface area contributed by atoms with E-state index in [4.69, 9.17) is 6.42 Å². The first kappa shape index (κ1) is 9.28. The van der Waals surface area contributed by atoms with Crippen molar-refractivity contribution in [1.29, 1.82) is 0 Å². The Bertz CT molecular complexity index is 204. The number of terminal acetylenes is 1. The smallest absolute Gasteiger partial charge is 0.138 e. The lowest BCUT2D eigenvalue weighted by atomic mass is 9.98. The van der Waals surface area contributed by atoms with Gasteiger partial charge in [0.1, 0.15) is 5.78 Å². The van der Waals surface area contributed by atoms with Crippen molar-refractivity contribution in [3.8, 4) is 12.3 Å². The van der Waals surface area contributed by atoms with Gasteiger partial charge in [-0.3, -0.25) is 4.79 Å². The summed E-state index contributed by atoms with van der Waals surface area (Å²) in [6.07, 6.45) is 6.66. The number of carbonyl (C=O) groups excluding carboxylic acids is 1. The van der Waals surface area contributed by atoms with Crippen molar-refractivity contribution in [2.24, 2.45) is 5.92 Å². The van der Waals surface area contributed by atoms with E-state index in [9.17, 15) is 4.79 Å². The average Bonchev–Trinajstić information content (AvgIpc) is 2.07. The zero-order chi connectivity index (χ0) is 8.97. The highest BCUT2D eigenvalue weighted by molar-refractivity contribution is 5.81. The van der Waals surface area contributed by atoms with Crippen LogP contribution in [0.4, 0.5) is 0 Å². The second kappa shape index (κ2) is 4.27. The van der Waals surface area contributed by atoms with E-state index in [0.717, 1.165) is 26.1 Å². The fraction of sp³-hybridized carbons (Fsp3) is 0.700. The molecule has 1 rings (SSSR count). The van der Waals surface area contributed by atoms with E-state index in [1.807, 2.05) is 6.92 Å². The largest absolute Gasteiger partial charge is 0.301 e. The van der Waals surface area contributed by atoms with Crippen LogP contribution < -0.4 is 0 Å². The van der Waals surface area contributed by atoms with Gasteiger partial charge in [-0.05, 0) is 0 Å². The van der Waals surface area contributed by atoms with Gasteiger partial charge >= 0.3 is 0 Å². The number of piperidine rings is 1. The van der Waals surface area contributed by atoms with Gasteiger partial charge in [-0.2, -0.15) is 0 Å². The second-order valence-electron chi connectivity index (χ2n) is 3.37. The van der Waals surface area contributed by atoms with Crippen molar-refractivity contribution >= 4 is 5.78 Å². The number of hydrogen-bond acceptors (Lipinski definition) is 2. The van der Waals surface area contributed by atoms with Gasteiger partial charge in [0.25, 0.3) is 0 Å². The molecule has 1 aliphatic heterocycles. The fourth-order valence-electron chi connectivity index (χ4n) is 1.52.